The van der Waals surface area contributed by atoms with E-state index in [0.29, 0.717) is 0 Å². The Morgan fingerprint density at radius 3 is 2.43 bits per heavy atom. The summed E-state index contributed by atoms with van der Waals surface area (Å²) in [6.45, 7) is 2.13. The standard InChI is InChI=1S/C22H22N4O2/c1-15-7-10-18-19(25(15)22(27)16-8-9-16)11-12-20(26-23-13-14-24-26)21(18)28-17-5-3-2-4-6-17/h2-6,11-16H,7-10H2,1H3/t15-/m0/s1. The topological polar surface area (TPSA) is 60.2 Å². The van der Waals surface area contributed by atoms with Gasteiger partial charge < -0.3 is 9.64 Å². The first-order valence-electron chi connectivity index (χ1n) is 9.81. The number of benzene rings is 2. The van der Waals surface area contributed by atoms with Crippen molar-refractivity contribution in [1.82, 2.24) is 15.0 Å². The van der Waals surface area contributed by atoms with Crippen molar-refractivity contribution in [2.75, 3.05) is 4.90 Å². The van der Waals surface area contributed by atoms with Crippen LogP contribution in [0.5, 0.6) is 11.5 Å². The first-order chi connectivity index (χ1) is 13.7. The first-order valence-corrected chi connectivity index (χ1v) is 9.81. The van der Waals surface area contributed by atoms with Gasteiger partial charge >= 0.3 is 0 Å². The molecule has 1 aromatic heterocycles. The highest BCUT2D eigenvalue weighted by Crippen LogP contribution is 2.44. The lowest BCUT2D eigenvalue weighted by atomic mass is 9.94. The minimum absolute atomic E-state index is 0.180. The molecule has 2 aliphatic rings. The van der Waals surface area contributed by atoms with Crippen LogP contribution in [0.15, 0.2) is 54.9 Å². The second-order valence-corrected chi connectivity index (χ2v) is 7.52. The smallest absolute Gasteiger partial charge is 0.230 e. The predicted molar refractivity (Wildman–Crippen MR) is 106 cm³/mol. The number of aromatic nitrogens is 3. The number of hydrogen-bond acceptors (Lipinski definition) is 4. The van der Waals surface area contributed by atoms with Gasteiger partial charge in [0, 0.05) is 17.5 Å². The van der Waals surface area contributed by atoms with E-state index in [1.165, 1.54) is 0 Å². The molecule has 1 atom stereocenters. The van der Waals surface area contributed by atoms with Crippen molar-refractivity contribution >= 4 is 11.6 Å². The molecule has 0 spiro atoms. The van der Waals surface area contributed by atoms with E-state index in [9.17, 15) is 4.79 Å². The maximum absolute atomic E-state index is 13.0. The second-order valence-electron chi connectivity index (χ2n) is 7.52. The molecular formula is C22H22N4O2. The fraction of sp³-hybridized carbons (Fsp3) is 0.318. The zero-order chi connectivity index (χ0) is 19.1. The van der Waals surface area contributed by atoms with E-state index >= 15 is 0 Å². The van der Waals surface area contributed by atoms with Crippen LogP contribution in [-0.2, 0) is 11.2 Å². The molecule has 28 heavy (non-hydrogen) atoms. The summed E-state index contributed by atoms with van der Waals surface area (Å²) in [4.78, 5) is 16.5. The first kappa shape index (κ1) is 17.0. The fourth-order valence-electron chi connectivity index (χ4n) is 3.87. The van der Waals surface area contributed by atoms with E-state index in [1.807, 2.05) is 47.4 Å². The molecule has 0 radical (unpaired) electrons. The van der Waals surface area contributed by atoms with Crippen LogP contribution in [-0.4, -0.2) is 26.9 Å². The van der Waals surface area contributed by atoms with E-state index in [1.54, 1.807) is 17.2 Å². The highest BCUT2D eigenvalue weighted by Gasteiger charge is 2.39. The van der Waals surface area contributed by atoms with Crippen LogP contribution in [0, 0.1) is 5.92 Å². The Bertz CT molecular complexity index is 997. The number of anilines is 1. The van der Waals surface area contributed by atoms with Crippen molar-refractivity contribution in [3.8, 4) is 17.2 Å². The third-order valence-corrected chi connectivity index (χ3v) is 5.49. The van der Waals surface area contributed by atoms with E-state index in [-0.39, 0.29) is 17.9 Å². The predicted octanol–water partition coefficient (Wildman–Crippen LogP) is 4.14. The van der Waals surface area contributed by atoms with E-state index < -0.39 is 0 Å². The van der Waals surface area contributed by atoms with Crippen molar-refractivity contribution in [1.29, 1.82) is 0 Å². The van der Waals surface area contributed by atoms with Gasteiger partial charge in [0.1, 0.15) is 11.4 Å². The summed E-state index contributed by atoms with van der Waals surface area (Å²) in [5.74, 6) is 1.90. The Morgan fingerprint density at radius 1 is 1.00 bits per heavy atom. The molecule has 142 valence electrons. The van der Waals surface area contributed by atoms with Gasteiger partial charge in [-0.05, 0) is 56.9 Å². The second kappa shape index (κ2) is 6.78. The van der Waals surface area contributed by atoms with Crippen LogP contribution in [0.4, 0.5) is 5.69 Å². The molecule has 1 aliphatic carbocycles. The lowest BCUT2D eigenvalue weighted by molar-refractivity contribution is -0.120. The van der Waals surface area contributed by atoms with Gasteiger partial charge in [-0.3, -0.25) is 4.79 Å². The number of rotatable bonds is 4. The van der Waals surface area contributed by atoms with Crippen LogP contribution in [0.2, 0.25) is 0 Å². The maximum Gasteiger partial charge on any atom is 0.230 e. The minimum atomic E-state index is 0.180. The van der Waals surface area contributed by atoms with Gasteiger partial charge in [0.2, 0.25) is 5.91 Å². The van der Waals surface area contributed by atoms with Crippen molar-refractivity contribution < 1.29 is 9.53 Å². The van der Waals surface area contributed by atoms with Crippen LogP contribution in [0.3, 0.4) is 0 Å². The molecule has 1 saturated carbocycles. The van der Waals surface area contributed by atoms with Crippen molar-refractivity contribution in [3.63, 3.8) is 0 Å². The molecule has 2 aromatic carbocycles. The summed E-state index contributed by atoms with van der Waals surface area (Å²) in [6.07, 6.45) is 7.06. The van der Waals surface area contributed by atoms with Crippen LogP contribution >= 0.6 is 0 Å². The molecule has 0 unspecified atom stereocenters. The number of nitrogens with zero attached hydrogens (tertiary/aromatic N) is 4. The third-order valence-electron chi connectivity index (χ3n) is 5.49. The van der Waals surface area contributed by atoms with Crippen LogP contribution in [0.25, 0.3) is 5.69 Å². The molecule has 6 heteroatoms. The Balaban J connectivity index is 1.65. The molecule has 1 fully saturated rings. The Hall–Kier alpha value is -3.15. The SMILES string of the molecule is C[C@H]1CCc2c(ccc(-n3nccn3)c2Oc2ccccc2)N1C(=O)C1CC1. The third kappa shape index (κ3) is 2.95. The average Bonchev–Trinajstić information content (AvgIpc) is 3.43. The molecule has 0 bridgehead atoms. The number of ether oxygens (including phenoxy) is 1. The molecular weight excluding hydrogens is 352 g/mol. The fourth-order valence-corrected chi connectivity index (χ4v) is 3.87. The van der Waals surface area contributed by atoms with Crippen LogP contribution < -0.4 is 9.64 Å². The lowest BCUT2D eigenvalue weighted by Gasteiger charge is -2.36. The highest BCUT2D eigenvalue weighted by atomic mass is 16.5. The van der Waals surface area contributed by atoms with Crippen molar-refractivity contribution in [3.05, 3.63) is 60.4 Å². The van der Waals surface area contributed by atoms with E-state index in [2.05, 4.69) is 17.1 Å². The number of fused-ring (bicyclic) bond motifs is 1. The van der Waals surface area contributed by atoms with Gasteiger partial charge in [-0.2, -0.15) is 10.2 Å². The monoisotopic (exact) mass is 374 g/mol. The Kier molecular flexibility index (Phi) is 4.11. The zero-order valence-electron chi connectivity index (χ0n) is 15.8. The lowest BCUT2D eigenvalue weighted by Crippen LogP contribution is -2.43. The number of carbonyl (C=O) groups is 1. The van der Waals surface area contributed by atoms with E-state index in [0.717, 1.165) is 54.1 Å². The number of amides is 1. The summed E-state index contributed by atoms with van der Waals surface area (Å²) in [6, 6.07) is 13.9. The quantitative estimate of drug-likeness (QED) is 0.689. The molecule has 1 amide bonds. The van der Waals surface area contributed by atoms with Gasteiger partial charge in [-0.15, -0.1) is 4.80 Å². The summed E-state index contributed by atoms with van der Waals surface area (Å²) in [7, 11) is 0. The normalized spacial score (nSPS) is 18.6. The molecule has 1 aliphatic heterocycles. The Morgan fingerprint density at radius 2 is 1.71 bits per heavy atom. The van der Waals surface area contributed by atoms with E-state index in [4.69, 9.17) is 4.74 Å². The number of hydrogen-bond donors (Lipinski definition) is 0. The summed E-state index contributed by atoms with van der Waals surface area (Å²) in [5.41, 5.74) is 2.78. The molecule has 3 aromatic rings. The molecule has 2 heterocycles. The van der Waals surface area contributed by atoms with Crippen LogP contribution in [0.1, 0.15) is 31.7 Å². The van der Waals surface area contributed by atoms with Gasteiger partial charge in [0.25, 0.3) is 0 Å². The van der Waals surface area contributed by atoms with Crippen molar-refractivity contribution in [2.45, 2.75) is 38.6 Å². The number of carbonyl (C=O) groups excluding carboxylic acids is 1. The van der Waals surface area contributed by atoms with Gasteiger partial charge in [0.15, 0.2) is 5.75 Å². The summed E-state index contributed by atoms with van der Waals surface area (Å²) >= 11 is 0. The van der Waals surface area contributed by atoms with Gasteiger partial charge in [-0.1, -0.05) is 18.2 Å². The molecule has 0 N–H and O–H groups in total. The largest absolute Gasteiger partial charge is 0.455 e. The maximum atomic E-state index is 13.0. The van der Waals surface area contributed by atoms with Gasteiger partial charge in [-0.25, -0.2) is 0 Å². The molecule has 0 saturated heterocycles. The van der Waals surface area contributed by atoms with Crippen molar-refractivity contribution in [2.24, 2.45) is 5.92 Å². The summed E-state index contributed by atoms with van der Waals surface area (Å²) < 4.78 is 6.33. The minimum Gasteiger partial charge on any atom is -0.455 e. The zero-order valence-corrected chi connectivity index (χ0v) is 15.8. The average molecular weight is 374 g/mol. The Labute approximate surface area is 163 Å². The summed E-state index contributed by atoms with van der Waals surface area (Å²) in [5, 5.41) is 8.58. The molecule has 6 nitrogen and oxygen atoms in total. The highest BCUT2D eigenvalue weighted by molar-refractivity contribution is 5.98. The van der Waals surface area contributed by atoms with Gasteiger partial charge in [0.05, 0.1) is 18.1 Å². The molecule has 5 rings (SSSR count). The number of para-hydroxylation sites is 1.